The number of aromatic nitrogens is 1. The number of hydrogen-bond acceptors (Lipinski definition) is 5. The molecule has 1 saturated heterocycles. The van der Waals surface area contributed by atoms with Crippen molar-refractivity contribution in [1.82, 2.24) is 9.88 Å². The minimum Gasteiger partial charge on any atom is -0.486 e. The fraction of sp³-hybridized carbons (Fsp3) is 0.190. The first-order valence-electron chi connectivity index (χ1n) is 8.80. The summed E-state index contributed by atoms with van der Waals surface area (Å²) in [6.45, 7) is 1.11. The Bertz CT molecular complexity index is 1020. The van der Waals surface area contributed by atoms with E-state index in [2.05, 4.69) is 4.98 Å². The lowest BCUT2D eigenvalue weighted by molar-refractivity contribution is 0.00933. The van der Waals surface area contributed by atoms with E-state index in [0.29, 0.717) is 40.3 Å². The molecule has 2 heterocycles. The SMILES string of the molecule is O=Cc1ccc(OC2CN(C(=O)OCc3ccccc3)C2)c2cnc(Cl)cc12. The van der Waals surface area contributed by atoms with E-state index in [1.165, 1.54) is 0 Å². The topological polar surface area (TPSA) is 68.7 Å². The molecule has 1 aliphatic rings. The molecule has 2 aromatic carbocycles. The van der Waals surface area contributed by atoms with Gasteiger partial charge in [0, 0.05) is 22.5 Å². The van der Waals surface area contributed by atoms with Crippen LogP contribution in [0.3, 0.4) is 0 Å². The van der Waals surface area contributed by atoms with Crippen molar-refractivity contribution in [2.45, 2.75) is 12.7 Å². The van der Waals surface area contributed by atoms with Crippen molar-refractivity contribution < 1.29 is 19.1 Å². The third-order valence-electron chi connectivity index (χ3n) is 4.59. The van der Waals surface area contributed by atoms with Gasteiger partial charge in [0.2, 0.25) is 0 Å². The molecular weight excluding hydrogens is 380 g/mol. The van der Waals surface area contributed by atoms with Crippen molar-refractivity contribution >= 4 is 34.8 Å². The first-order valence-corrected chi connectivity index (χ1v) is 9.17. The number of rotatable bonds is 5. The van der Waals surface area contributed by atoms with Crippen molar-refractivity contribution in [3.8, 4) is 5.75 Å². The molecule has 4 rings (SSSR count). The van der Waals surface area contributed by atoms with Gasteiger partial charge in [-0.3, -0.25) is 4.79 Å². The van der Waals surface area contributed by atoms with E-state index < -0.39 is 0 Å². The van der Waals surface area contributed by atoms with Gasteiger partial charge in [0.25, 0.3) is 0 Å². The highest BCUT2D eigenvalue weighted by Crippen LogP contribution is 2.31. The zero-order valence-electron chi connectivity index (χ0n) is 14.9. The number of hydrogen-bond donors (Lipinski definition) is 0. The number of pyridine rings is 1. The molecule has 0 aliphatic carbocycles. The van der Waals surface area contributed by atoms with E-state index in [9.17, 15) is 9.59 Å². The van der Waals surface area contributed by atoms with Gasteiger partial charge in [-0.2, -0.15) is 0 Å². The molecule has 0 saturated carbocycles. The number of amides is 1. The van der Waals surface area contributed by atoms with Crippen LogP contribution < -0.4 is 4.74 Å². The lowest BCUT2D eigenvalue weighted by atomic mass is 10.1. The molecule has 3 aromatic rings. The predicted molar refractivity (Wildman–Crippen MR) is 105 cm³/mol. The number of carbonyl (C=O) groups is 2. The fourth-order valence-electron chi connectivity index (χ4n) is 3.07. The summed E-state index contributed by atoms with van der Waals surface area (Å²) in [5.41, 5.74) is 1.46. The standard InChI is InChI=1S/C21H17ClN2O4/c22-20-8-17-15(12-25)6-7-19(18(17)9-23-20)28-16-10-24(11-16)21(26)27-13-14-4-2-1-3-5-14/h1-9,12,16H,10-11,13H2. The second-order valence-corrected chi connectivity index (χ2v) is 6.90. The van der Waals surface area contributed by atoms with Gasteiger partial charge in [-0.15, -0.1) is 0 Å². The van der Waals surface area contributed by atoms with Crippen LogP contribution in [0.4, 0.5) is 4.79 Å². The zero-order chi connectivity index (χ0) is 19.5. The Morgan fingerprint density at radius 2 is 1.96 bits per heavy atom. The number of carbonyl (C=O) groups excluding carboxylic acids is 2. The van der Waals surface area contributed by atoms with Crippen molar-refractivity contribution in [2.24, 2.45) is 0 Å². The van der Waals surface area contributed by atoms with E-state index in [1.54, 1.807) is 29.3 Å². The molecule has 7 heteroatoms. The second kappa shape index (κ2) is 7.86. The summed E-state index contributed by atoms with van der Waals surface area (Å²) >= 11 is 5.95. The van der Waals surface area contributed by atoms with Crippen LogP contribution in [-0.2, 0) is 11.3 Å². The Labute approximate surface area is 166 Å². The first-order chi connectivity index (χ1) is 13.6. The molecule has 0 radical (unpaired) electrons. The maximum absolute atomic E-state index is 12.1. The molecule has 1 aliphatic heterocycles. The van der Waals surface area contributed by atoms with E-state index in [-0.39, 0.29) is 18.8 Å². The molecular formula is C21H17ClN2O4. The third kappa shape index (κ3) is 3.77. The molecule has 1 fully saturated rings. The van der Waals surface area contributed by atoms with Crippen LogP contribution >= 0.6 is 11.6 Å². The summed E-state index contributed by atoms with van der Waals surface area (Å²) in [6, 6.07) is 14.6. The van der Waals surface area contributed by atoms with Gasteiger partial charge in [0.05, 0.1) is 13.1 Å². The van der Waals surface area contributed by atoms with E-state index in [1.807, 2.05) is 30.3 Å². The highest BCUT2D eigenvalue weighted by atomic mass is 35.5. The second-order valence-electron chi connectivity index (χ2n) is 6.51. The van der Waals surface area contributed by atoms with E-state index >= 15 is 0 Å². The highest BCUT2D eigenvalue weighted by Gasteiger charge is 2.33. The molecule has 142 valence electrons. The van der Waals surface area contributed by atoms with Gasteiger partial charge in [0.15, 0.2) is 6.29 Å². The average molecular weight is 397 g/mol. The largest absolute Gasteiger partial charge is 0.486 e. The number of aldehydes is 1. The Balaban J connectivity index is 1.37. The van der Waals surface area contributed by atoms with Gasteiger partial charge >= 0.3 is 6.09 Å². The molecule has 1 amide bonds. The fourth-order valence-corrected chi connectivity index (χ4v) is 3.23. The lowest BCUT2D eigenvalue weighted by Crippen LogP contribution is -2.56. The number of halogens is 1. The molecule has 0 spiro atoms. The van der Waals surface area contributed by atoms with Crippen LogP contribution in [0.5, 0.6) is 5.75 Å². The quantitative estimate of drug-likeness (QED) is 0.479. The molecule has 28 heavy (non-hydrogen) atoms. The van der Waals surface area contributed by atoms with Gasteiger partial charge in [-0.1, -0.05) is 41.9 Å². The Morgan fingerprint density at radius 3 is 2.71 bits per heavy atom. The molecule has 6 nitrogen and oxygen atoms in total. The number of nitrogens with zero attached hydrogens (tertiary/aromatic N) is 2. The predicted octanol–water partition coefficient (Wildman–Crippen LogP) is 4.10. The van der Waals surface area contributed by atoms with Crippen molar-refractivity contribution in [3.05, 3.63) is 71.0 Å². The van der Waals surface area contributed by atoms with Gasteiger partial charge in [-0.25, -0.2) is 9.78 Å². The van der Waals surface area contributed by atoms with Crippen LogP contribution in [0.25, 0.3) is 10.8 Å². The summed E-state index contributed by atoms with van der Waals surface area (Å²) in [5, 5.41) is 1.70. The van der Waals surface area contributed by atoms with Gasteiger partial charge < -0.3 is 14.4 Å². The van der Waals surface area contributed by atoms with Crippen LogP contribution in [0.2, 0.25) is 5.15 Å². The molecule has 1 aromatic heterocycles. The summed E-state index contributed by atoms with van der Waals surface area (Å²) in [6.07, 6.45) is 1.85. The maximum Gasteiger partial charge on any atom is 0.410 e. The minimum atomic E-state index is -0.363. The lowest BCUT2D eigenvalue weighted by Gasteiger charge is -2.38. The summed E-state index contributed by atoms with van der Waals surface area (Å²) < 4.78 is 11.3. The van der Waals surface area contributed by atoms with Crippen LogP contribution in [-0.4, -0.2) is 41.5 Å². The van der Waals surface area contributed by atoms with Crippen molar-refractivity contribution in [3.63, 3.8) is 0 Å². The van der Waals surface area contributed by atoms with Gasteiger partial charge in [0.1, 0.15) is 23.6 Å². The number of ether oxygens (including phenoxy) is 2. The highest BCUT2D eigenvalue weighted by molar-refractivity contribution is 6.30. The smallest absolute Gasteiger partial charge is 0.410 e. The Kier molecular flexibility index (Phi) is 5.12. The molecule has 0 bridgehead atoms. The number of likely N-dealkylation sites (tertiary alicyclic amines) is 1. The first kappa shape index (κ1) is 18.3. The summed E-state index contributed by atoms with van der Waals surface area (Å²) in [7, 11) is 0. The Morgan fingerprint density at radius 1 is 1.18 bits per heavy atom. The molecule has 0 unspecified atom stereocenters. The van der Waals surface area contributed by atoms with E-state index in [4.69, 9.17) is 21.1 Å². The minimum absolute atomic E-state index is 0.148. The summed E-state index contributed by atoms with van der Waals surface area (Å²) in [4.78, 5) is 29.0. The van der Waals surface area contributed by atoms with Crippen LogP contribution in [0, 0.1) is 0 Å². The third-order valence-corrected chi connectivity index (χ3v) is 4.80. The van der Waals surface area contributed by atoms with Crippen LogP contribution in [0.15, 0.2) is 54.7 Å². The zero-order valence-corrected chi connectivity index (χ0v) is 15.6. The van der Waals surface area contributed by atoms with Gasteiger partial charge in [-0.05, 0) is 23.8 Å². The van der Waals surface area contributed by atoms with E-state index in [0.717, 1.165) is 11.8 Å². The molecule has 0 atom stereocenters. The van der Waals surface area contributed by atoms with Crippen molar-refractivity contribution in [1.29, 1.82) is 0 Å². The average Bonchev–Trinajstić information content (AvgIpc) is 2.69. The number of fused-ring (bicyclic) bond motifs is 1. The maximum atomic E-state index is 12.1. The number of benzene rings is 2. The monoisotopic (exact) mass is 396 g/mol. The Hall–Kier alpha value is -3.12. The summed E-state index contributed by atoms with van der Waals surface area (Å²) in [5.74, 6) is 0.604. The normalized spacial score (nSPS) is 13.8. The van der Waals surface area contributed by atoms with Crippen molar-refractivity contribution in [2.75, 3.05) is 13.1 Å². The van der Waals surface area contributed by atoms with Crippen LogP contribution in [0.1, 0.15) is 15.9 Å². The molecule has 0 N–H and O–H groups in total.